The molecule has 1 heterocycles. The van der Waals surface area contributed by atoms with Crippen LogP contribution in [0.25, 0.3) is 0 Å². The third-order valence-electron chi connectivity index (χ3n) is 4.56. The maximum atomic E-state index is 13.9. The molecular formula is C20H23ClFN3O. The van der Waals surface area contributed by atoms with Crippen LogP contribution in [-0.4, -0.2) is 50.1 Å². The first-order valence-electron chi connectivity index (χ1n) is 8.85. The highest BCUT2D eigenvalue weighted by Gasteiger charge is 2.20. The van der Waals surface area contributed by atoms with Crippen LogP contribution in [0.5, 0.6) is 0 Å². The molecule has 1 aliphatic heterocycles. The van der Waals surface area contributed by atoms with Crippen molar-refractivity contribution in [3.63, 3.8) is 0 Å². The minimum Gasteiger partial charge on any atom is -0.367 e. The van der Waals surface area contributed by atoms with Gasteiger partial charge in [-0.3, -0.25) is 9.69 Å². The quantitative estimate of drug-likeness (QED) is 0.843. The molecule has 1 aliphatic rings. The van der Waals surface area contributed by atoms with Crippen molar-refractivity contribution in [2.75, 3.05) is 44.2 Å². The van der Waals surface area contributed by atoms with Gasteiger partial charge in [0.2, 0.25) is 5.91 Å². The Hall–Kier alpha value is -2.11. The van der Waals surface area contributed by atoms with Crippen molar-refractivity contribution in [1.82, 2.24) is 10.2 Å². The second-order valence-electron chi connectivity index (χ2n) is 6.44. The van der Waals surface area contributed by atoms with Gasteiger partial charge in [0.25, 0.3) is 0 Å². The van der Waals surface area contributed by atoms with Gasteiger partial charge >= 0.3 is 0 Å². The van der Waals surface area contributed by atoms with Crippen molar-refractivity contribution in [2.24, 2.45) is 0 Å². The lowest BCUT2D eigenvalue weighted by molar-refractivity contribution is -0.122. The fraction of sp³-hybridized carbons (Fsp3) is 0.350. The minimum atomic E-state index is -0.195. The molecule has 0 aromatic heterocycles. The first kappa shape index (κ1) is 18.7. The molecular weight excluding hydrogens is 353 g/mol. The number of anilines is 1. The third-order valence-corrected chi connectivity index (χ3v) is 4.79. The van der Waals surface area contributed by atoms with Crippen molar-refractivity contribution in [3.05, 3.63) is 64.9 Å². The Labute approximate surface area is 158 Å². The number of nitrogens with zero attached hydrogens (tertiary/aromatic N) is 2. The van der Waals surface area contributed by atoms with Crippen molar-refractivity contribution < 1.29 is 9.18 Å². The molecule has 1 N–H and O–H groups in total. The molecule has 6 heteroatoms. The van der Waals surface area contributed by atoms with Gasteiger partial charge in [-0.15, -0.1) is 0 Å². The number of benzene rings is 2. The van der Waals surface area contributed by atoms with Gasteiger partial charge in [-0.05, 0) is 36.2 Å². The van der Waals surface area contributed by atoms with E-state index in [0.717, 1.165) is 38.2 Å². The summed E-state index contributed by atoms with van der Waals surface area (Å²) in [5, 5.41) is 3.66. The van der Waals surface area contributed by atoms with Gasteiger partial charge < -0.3 is 10.2 Å². The number of hydrogen-bond acceptors (Lipinski definition) is 3. The maximum Gasteiger partial charge on any atom is 0.234 e. The SMILES string of the molecule is O=C(CN1CCN(c2ccccc2F)CC1)NCCc1cccc(Cl)c1. The molecule has 0 saturated carbocycles. The van der Waals surface area contributed by atoms with Crippen LogP contribution in [-0.2, 0) is 11.2 Å². The van der Waals surface area contributed by atoms with Crippen molar-refractivity contribution in [2.45, 2.75) is 6.42 Å². The molecule has 2 aromatic carbocycles. The van der Waals surface area contributed by atoms with Gasteiger partial charge in [-0.2, -0.15) is 0 Å². The fourth-order valence-corrected chi connectivity index (χ4v) is 3.37. The van der Waals surface area contributed by atoms with E-state index < -0.39 is 0 Å². The fourth-order valence-electron chi connectivity index (χ4n) is 3.15. The molecule has 3 rings (SSSR count). The molecule has 26 heavy (non-hydrogen) atoms. The first-order valence-corrected chi connectivity index (χ1v) is 9.22. The highest BCUT2D eigenvalue weighted by molar-refractivity contribution is 6.30. The Morgan fingerprint density at radius 3 is 2.58 bits per heavy atom. The Morgan fingerprint density at radius 2 is 1.85 bits per heavy atom. The summed E-state index contributed by atoms with van der Waals surface area (Å²) in [6, 6.07) is 14.5. The predicted octanol–water partition coefficient (Wildman–Crippen LogP) is 2.96. The van der Waals surface area contributed by atoms with E-state index in [0.29, 0.717) is 23.8 Å². The zero-order valence-corrected chi connectivity index (χ0v) is 15.4. The van der Waals surface area contributed by atoms with Gasteiger partial charge in [0.05, 0.1) is 12.2 Å². The van der Waals surface area contributed by atoms with Crippen LogP contribution in [0.1, 0.15) is 5.56 Å². The lowest BCUT2D eigenvalue weighted by Gasteiger charge is -2.35. The summed E-state index contributed by atoms with van der Waals surface area (Å²) in [6.07, 6.45) is 0.757. The minimum absolute atomic E-state index is 0.0198. The molecule has 2 aromatic rings. The van der Waals surface area contributed by atoms with Gasteiger partial charge in [0, 0.05) is 37.7 Å². The van der Waals surface area contributed by atoms with Crippen molar-refractivity contribution >= 4 is 23.2 Å². The average molecular weight is 376 g/mol. The summed E-state index contributed by atoms with van der Waals surface area (Å²) >= 11 is 5.96. The predicted molar refractivity (Wildman–Crippen MR) is 103 cm³/mol. The number of rotatable bonds is 6. The van der Waals surface area contributed by atoms with E-state index in [1.54, 1.807) is 12.1 Å². The molecule has 0 unspecified atom stereocenters. The van der Waals surface area contributed by atoms with Gasteiger partial charge in [0.1, 0.15) is 5.82 Å². The maximum absolute atomic E-state index is 13.9. The van der Waals surface area contributed by atoms with Crippen LogP contribution in [0.2, 0.25) is 5.02 Å². The van der Waals surface area contributed by atoms with E-state index in [-0.39, 0.29) is 11.7 Å². The highest BCUT2D eigenvalue weighted by atomic mass is 35.5. The number of para-hydroxylation sites is 1. The van der Waals surface area contributed by atoms with E-state index in [2.05, 4.69) is 10.2 Å². The molecule has 0 atom stereocenters. The average Bonchev–Trinajstić information content (AvgIpc) is 2.63. The van der Waals surface area contributed by atoms with Crippen molar-refractivity contribution in [3.8, 4) is 0 Å². The van der Waals surface area contributed by atoms with Crippen molar-refractivity contribution in [1.29, 1.82) is 0 Å². The third kappa shape index (κ3) is 5.19. The summed E-state index contributed by atoms with van der Waals surface area (Å²) in [5.41, 5.74) is 1.74. The lowest BCUT2D eigenvalue weighted by Crippen LogP contribution is -2.49. The number of carbonyl (C=O) groups is 1. The molecule has 1 saturated heterocycles. The molecule has 4 nitrogen and oxygen atoms in total. The number of halogens is 2. The normalized spacial score (nSPS) is 15.1. The number of carbonyl (C=O) groups excluding carboxylic acids is 1. The number of nitrogens with one attached hydrogen (secondary N) is 1. The number of piperazine rings is 1. The van der Waals surface area contributed by atoms with Crippen LogP contribution in [0.15, 0.2) is 48.5 Å². The monoisotopic (exact) mass is 375 g/mol. The summed E-state index contributed by atoms with van der Waals surface area (Å²) in [6.45, 7) is 3.90. The Bertz CT molecular complexity index is 747. The highest BCUT2D eigenvalue weighted by Crippen LogP contribution is 2.20. The first-order chi connectivity index (χ1) is 12.6. The van der Waals surface area contributed by atoms with Crippen LogP contribution in [0.3, 0.4) is 0 Å². The van der Waals surface area contributed by atoms with E-state index in [4.69, 9.17) is 11.6 Å². The Kier molecular flexibility index (Phi) is 6.47. The van der Waals surface area contributed by atoms with Gasteiger partial charge in [-0.1, -0.05) is 35.9 Å². The van der Waals surface area contributed by atoms with Crippen LogP contribution in [0.4, 0.5) is 10.1 Å². The summed E-state index contributed by atoms with van der Waals surface area (Å²) in [5.74, 6) is -0.175. The molecule has 0 bridgehead atoms. The van der Waals surface area contributed by atoms with E-state index in [9.17, 15) is 9.18 Å². The van der Waals surface area contributed by atoms with Crippen LogP contribution >= 0.6 is 11.6 Å². The lowest BCUT2D eigenvalue weighted by atomic mass is 10.1. The van der Waals surface area contributed by atoms with E-state index >= 15 is 0 Å². The Morgan fingerprint density at radius 1 is 1.08 bits per heavy atom. The molecule has 0 spiro atoms. The van der Waals surface area contributed by atoms with Crippen LogP contribution < -0.4 is 10.2 Å². The Balaban J connectivity index is 1.39. The number of hydrogen-bond donors (Lipinski definition) is 1. The molecule has 0 aliphatic carbocycles. The van der Waals surface area contributed by atoms with Gasteiger partial charge in [-0.25, -0.2) is 4.39 Å². The summed E-state index contributed by atoms with van der Waals surface area (Å²) in [7, 11) is 0. The largest absolute Gasteiger partial charge is 0.367 e. The second kappa shape index (κ2) is 9.01. The smallest absolute Gasteiger partial charge is 0.234 e. The molecule has 1 fully saturated rings. The van der Waals surface area contributed by atoms with Gasteiger partial charge in [0.15, 0.2) is 0 Å². The molecule has 0 radical (unpaired) electrons. The number of amides is 1. The van der Waals surface area contributed by atoms with E-state index in [1.165, 1.54) is 6.07 Å². The molecule has 138 valence electrons. The summed E-state index contributed by atoms with van der Waals surface area (Å²) < 4.78 is 13.9. The van der Waals surface area contributed by atoms with E-state index in [1.807, 2.05) is 35.2 Å². The zero-order valence-electron chi connectivity index (χ0n) is 14.6. The zero-order chi connectivity index (χ0) is 18.4. The van der Waals surface area contributed by atoms with Crippen LogP contribution in [0, 0.1) is 5.82 Å². The second-order valence-corrected chi connectivity index (χ2v) is 6.88. The standard InChI is InChI=1S/C20H23ClFN3O/c21-17-5-3-4-16(14-17)8-9-23-20(26)15-24-10-12-25(13-11-24)19-7-2-1-6-18(19)22/h1-7,14H,8-13,15H2,(H,23,26). The summed E-state index contributed by atoms with van der Waals surface area (Å²) in [4.78, 5) is 16.3. The topological polar surface area (TPSA) is 35.6 Å². The molecule has 1 amide bonds.